The van der Waals surface area contributed by atoms with Crippen LogP contribution in [-0.4, -0.2) is 31.7 Å². The van der Waals surface area contributed by atoms with Gasteiger partial charge in [0.05, 0.1) is 10.9 Å². The van der Waals surface area contributed by atoms with Gasteiger partial charge in [-0.3, -0.25) is 4.79 Å². The Morgan fingerprint density at radius 2 is 1.72 bits per heavy atom. The SMILES string of the molecule is Cc1ccc([C@@H](NC(=O)C2CCN(S(=O)(=O)c3ccc(Cl)cc3)CC2)c2cccs2)cc1. The van der Waals surface area contributed by atoms with E-state index >= 15 is 0 Å². The van der Waals surface area contributed by atoms with Crippen molar-refractivity contribution in [3.63, 3.8) is 0 Å². The molecule has 1 N–H and O–H groups in total. The number of carbonyl (C=O) groups is 1. The average molecular weight is 489 g/mol. The van der Waals surface area contributed by atoms with E-state index in [1.54, 1.807) is 23.5 Å². The lowest BCUT2D eigenvalue weighted by molar-refractivity contribution is -0.126. The molecule has 0 radical (unpaired) electrons. The zero-order valence-corrected chi connectivity index (χ0v) is 20.1. The van der Waals surface area contributed by atoms with Crippen LogP contribution >= 0.6 is 22.9 Å². The highest BCUT2D eigenvalue weighted by atomic mass is 35.5. The van der Waals surface area contributed by atoms with E-state index in [2.05, 4.69) is 5.32 Å². The van der Waals surface area contributed by atoms with Crippen molar-refractivity contribution in [2.24, 2.45) is 5.92 Å². The van der Waals surface area contributed by atoms with Gasteiger partial charge in [0.25, 0.3) is 0 Å². The number of rotatable bonds is 6. The van der Waals surface area contributed by atoms with Crippen molar-refractivity contribution in [3.8, 4) is 0 Å². The van der Waals surface area contributed by atoms with E-state index in [-0.39, 0.29) is 22.8 Å². The molecule has 1 atom stereocenters. The first-order valence-corrected chi connectivity index (χ1v) is 13.2. The fraction of sp³-hybridized carbons (Fsp3) is 0.292. The molecule has 1 aromatic heterocycles. The second-order valence-corrected chi connectivity index (χ2v) is 11.4. The molecule has 1 saturated heterocycles. The zero-order valence-electron chi connectivity index (χ0n) is 17.7. The van der Waals surface area contributed by atoms with Crippen LogP contribution in [0.5, 0.6) is 0 Å². The predicted octanol–water partition coefficient (Wildman–Crippen LogP) is 5.02. The number of amides is 1. The van der Waals surface area contributed by atoms with E-state index in [4.69, 9.17) is 11.6 Å². The first kappa shape index (κ1) is 23.0. The Balaban J connectivity index is 1.43. The summed E-state index contributed by atoms with van der Waals surface area (Å²) < 4.78 is 27.3. The first-order valence-electron chi connectivity index (χ1n) is 10.5. The summed E-state index contributed by atoms with van der Waals surface area (Å²) in [7, 11) is -3.59. The monoisotopic (exact) mass is 488 g/mol. The summed E-state index contributed by atoms with van der Waals surface area (Å²) in [5.74, 6) is -0.257. The van der Waals surface area contributed by atoms with E-state index < -0.39 is 10.0 Å². The number of aryl methyl sites for hydroxylation is 1. The van der Waals surface area contributed by atoms with Gasteiger partial charge in [-0.25, -0.2) is 8.42 Å². The Labute approximate surface area is 198 Å². The number of piperidine rings is 1. The molecule has 2 heterocycles. The van der Waals surface area contributed by atoms with E-state index in [1.807, 2.05) is 48.7 Å². The van der Waals surface area contributed by atoms with E-state index in [9.17, 15) is 13.2 Å². The summed E-state index contributed by atoms with van der Waals surface area (Å²) in [5.41, 5.74) is 2.20. The van der Waals surface area contributed by atoms with E-state index in [0.29, 0.717) is 31.0 Å². The number of halogens is 1. The van der Waals surface area contributed by atoms with Crippen molar-refractivity contribution in [2.45, 2.75) is 30.7 Å². The first-order chi connectivity index (χ1) is 15.3. The van der Waals surface area contributed by atoms with Crippen molar-refractivity contribution in [2.75, 3.05) is 13.1 Å². The zero-order chi connectivity index (χ0) is 22.7. The summed E-state index contributed by atoms with van der Waals surface area (Å²) in [5, 5.41) is 5.70. The minimum Gasteiger partial charge on any atom is -0.344 e. The summed E-state index contributed by atoms with van der Waals surface area (Å²) >= 11 is 7.49. The molecule has 32 heavy (non-hydrogen) atoms. The molecule has 2 aromatic carbocycles. The van der Waals surface area contributed by atoms with E-state index in [1.165, 1.54) is 22.0 Å². The van der Waals surface area contributed by atoms with Crippen molar-refractivity contribution in [1.29, 1.82) is 0 Å². The third-order valence-electron chi connectivity index (χ3n) is 5.80. The lowest BCUT2D eigenvalue weighted by Crippen LogP contribution is -2.43. The molecule has 0 unspecified atom stereocenters. The van der Waals surface area contributed by atoms with Gasteiger partial charge in [-0.1, -0.05) is 47.5 Å². The fourth-order valence-corrected chi connectivity index (χ4v) is 6.31. The molecule has 8 heteroatoms. The Morgan fingerprint density at radius 1 is 1.06 bits per heavy atom. The Hall–Kier alpha value is -2.19. The smallest absolute Gasteiger partial charge is 0.243 e. The number of sulfonamides is 1. The molecule has 1 fully saturated rings. The summed E-state index contributed by atoms with van der Waals surface area (Å²) in [6, 6.07) is 18.2. The van der Waals surface area contributed by atoms with Crippen LogP contribution in [0.4, 0.5) is 0 Å². The fourth-order valence-electron chi connectivity index (χ4n) is 3.91. The molecule has 4 rings (SSSR count). The maximum absolute atomic E-state index is 13.1. The number of hydrogen-bond acceptors (Lipinski definition) is 4. The van der Waals surface area contributed by atoms with Crippen molar-refractivity contribution >= 4 is 38.9 Å². The maximum Gasteiger partial charge on any atom is 0.243 e. The number of benzene rings is 2. The standard InChI is InChI=1S/C24H25ClN2O3S2/c1-17-4-6-18(7-5-17)23(22-3-2-16-31-22)26-24(28)19-12-14-27(15-13-19)32(29,30)21-10-8-20(25)9-11-21/h2-11,16,19,23H,12-15H2,1H3,(H,26,28)/t23-/m1/s1. The van der Waals surface area contributed by atoms with Crippen LogP contribution in [0, 0.1) is 12.8 Å². The highest BCUT2D eigenvalue weighted by Crippen LogP contribution is 2.29. The van der Waals surface area contributed by atoms with Gasteiger partial charge in [-0.05, 0) is 61.0 Å². The van der Waals surface area contributed by atoms with Gasteiger partial charge in [-0.2, -0.15) is 4.31 Å². The number of nitrogens with zero attached hydrogens (tertiary/aromatic N) is 1. The molecule has 3 aromatic rings. The Kier molecular flexibility index (Phi) is 7.00. The highest BCUT2D eigenvalue weighted by Gasteiger charge is 2.33. The number of carbonyl (C=O) groups excluding carboxylic acids is 1. The Morgan fingerprint density at radius 3 is 2.31 bits per heavy atom. The van der Waals surface area contributed by atoms with Gasteiger partial charge >= 0.3 is 0 Å². The molecular weight excluding hydrogens is 464 g/mol. The van der Waals surface area contributed by atoms with Gasteiger partial charge in [0, 0.05) is 28.9 Å². The predicted molar refractivity (Wildman–Crippen MR) is 128 cm³/mol. The summed E-state index contributed by atoms with van der Waals surface area (Å²) in [4.78, 5) is 14.4. The normalized spacial score (nSPS) is 16.6. The molecular formula is C24H25ClN2O3S2. The van der Waals surface area contributed by atoms with Gasteiger partial charge in [0.15, 0.2) is 0 Å². The van der Waals surface area contributed by atoms with Crippen LogP contribution in [0.15, 0.2) is 70.9 Å². The largest absolute Gasteiger partial charge is 0.344 e. The van der Waals surface area contributed by atoms with Crippen LogP contribution < -0.4 is 5.32 Å². The molecule has 168 valence electrons. The molecule has 1 amide bonds. The Bertz CT molecular complexity index is 1150. The molecule has 1 aliphatic rings. The molecule has 0 aliphatic carbocycles. The van der Waals surface area contributed by atoms with Gasteiger partial charge < -0.3 is 5.32 Å². The third-order valence-corrected chi connectivity index (χ3v) is 8.90. The van der Waals surface area contributed by atoms with Crippen LogP contribution in [0.1, 0.15) is 34.9 Å². The van der Waals surface area contributed by atoms with Crippen molar-refractivity contribution in [1.82, 2.24) is 9.62 Å². The number of hydrogen-bond donors (Lipinski definition) is 1. The summed E-state index contributed by atoms with van der Waals surface area (Å²) in [6.07, 6.45) is 0.980. The third kappa shape index (κ3) is 5.07. The van der Waals surface area contributed by atoms with Gasteiger partial charge in [0.1, 0.15) is 0 Å². The lowest BCUT2D eigenvalue weighted by atomic mass is 9.95. The number of nitrogens with one attached hydrogen (secondary N) is 1. The molecule has 1 aliphatic heterocycles. The average Bonchev–Trinajstić information content (AvgIpc) is 3.33. The number of thiophene rings is 1. The topological polar surface area (TPSA) is 66.5 Å². The summed E-state index contributed by atoms with van der Waals surface area (Å²) in [6.45, 7) is 2.67. The quantitative estimate of drug-likeness (QED) is 0.530. The van der Waals surface area contributed by atoms with Gasteiger partial charge in [-0.15, -0.1) is 11.3 Å². The molecule has 5 nitrogen and oxygen atoms in total. The van der Waals surface area contributed by atoms with Crippen LogP contribution in [0.25, 0.3) is 0 Å². The maximum atomic E-state index is 13.1. The van der Waals surface area contributed by atoms with Crippen LogP contribution in [0.3, 0.4) is 0 Å². The van der Waals surface area contributed by atoms with Crippen LogP contribution in [0.2, 0.25) is 5.02 Å². The second-order valence-electron chi connectivity index (χ2n) is 8.00. The molecule has 0 saturated carbocycles. The van der Waals surface area contributed by atoms with Crippen LogP contribution in [-0.2, 0) is 14.8 Å². The lowest BCUT2D eigenvalue weighted by Gasteiger charge is -2.31. The van der Waals surface area contributed by atoms with Crippen molar-refractivity contribution in [3.05, 3.63) is 87.1 Å². The highest BCUT2D eigenvalue weighted by molar-refractivity contribution is 7.89. The van der Waals surface area contributed by atoms with E-state index in [0.717, 1.165) is 10.4 Å². The van der Waals surface area contributed by atoms with Crippen molar-refractivity contribution < 1.29 is 13.2 Å². The molecule has 0 bridgehead atoms. The second kappa shape index (κ2) is 9.75. The van der Waals surface area contributed by atoms with Gasteiger partial charge in [0.2, 0.25) is 15.9 Å². The molecule has 0 spiro atoms. The minimum absolute atomic E-state index is 0.0347. The minimum atomic E-state index is -3.59.